The zero-order chi connectivity index (χ0) is 18.4. The standard InChI is InChI=1S/C20H32N4O2.ClH/c1-24(13-7-12-21-15-8-3-2-4-9-15)19(25)14-18-16-10-5-6-11-17(16)20(26)23-22-18;/h15,21H,2-14H2,1H3,(H,23,26);1H. The van der Waals surface area contributed by atoms with E-state index in [1.165, 1.54) is 32.1 Å². The molecular weight excluding hydrogens is 364 g/mol. The predicted molar refractivity (Wildman–Crippen MR) is 110 cm³/mol. The second-order valence-electron chi connectivity index (χ2n) is 7.80. The molecule has 1 aromatic heterocycles. The highest BCUT2D eigenvalue weighted by Gasteiger charge is 2.20. The second-order valence-corrected chi connectivity index (χ2v) is 7.80. The highest BCUT2D eigenvalue weighted by molar-refractivity contribution is 5.85. The van der Waals surface area contributed by atoms with Gasteiger partial charge < -0.3 is 10.2 Å². The molecule has 0 spiro atoms. The van der Waals surface area contributed by atoms with Crippen LogP contribution in [0.2, 0.25) is 0 Å². The molecule has 0 unspecified atom stereocenters. The zero-order valence-corrected chi connectivity index (χ0v) is 17.2. The van der Waals surface area contributed by atoms with Crippen molar-refractivity contribution in [1.82, 2.24) is 20.4 Å². The highest BCUT2D eigenvalue weighted by atomic mass is 35.5. The number of H-pyrrole nitrogens is 1. The largest absolute Gasteiger partial charge is 0.345 e. The Kier molecular flexibility index (Phi) is 8.77. The van der Waals surface area contributed by atoms with E-state index >= 15 is 0 Å². The fourth-order valence-electron chi connectivity index (χ4n) is 4.21. The number of nitrogens with one attached hydrogen (secondary N) is 2. The van der Waals surface area contributed by atoms with E-state index in [4.69, 9.17) is 0 Å². The van der Waals surface area contributed by atoms with Gasteiger partial charge in [-0.25, -0.2) is 5.10 Å². The van der Waals surface area contributed by atoms with E-state index in [1.807, 2.05) is 7.05 Å². The summed E-state index contributed by atoms with van der Waals surface area (Å²) in [6.45, 7) is 1.72. The molecule has 1 saturated carbocycles. The van der Waals surface area contributed by atoms with Crippen molar-refractivity contribution in [2.45, 2.75) is 76.7 Å². The molecule has 1 aromatic rings. The minimum atomic E-state index is -0.0851. The van der Waals surface area contributed by atoms with Crippen molar-refractivity contribution in [2.75, 3.05) is 20.1 Å². The molecule has 0 bridgehead atoms. The van der Waals surface area contributed by atoms with Gasteiger partial charge in [-0.05, 0) is 57.1 Å². The normalized spacial score (nSPS) is 17.1. The number of hydrogen-bond donors (Lipinski definition) is 2. The molecule has 2 aliphatic rings. The number of nitrogens with zero attached hydrogens (tertiary/aromatic N) is 2. The summed E-state index contributed by atoms with van der Waals surface area (Å²) in [5, 5.41) is 10.4. The molecule has 1 amide bonds. The summed E-state index contributed by atoms with van der Waals surface area (Å²) in [5.74, 6) is 0.0787. The van der Waals surface area contributed by atoms with Crippen molar-refractivity contribution in [1.29, 1.82) is 0 Å². The van der Waals surface area contributed by atoms with Crippen molar-refractivity contribution < 1.29 is 4.79 Å². The molecule has 0 aliphatic heterocycles. The average Bonchev–Trinajstić information content (AvgIpc) is 2.68. The van der Waals surface area contributed by atoms with Gasteiger partial charge in [0.15, 0.2) is 0 Å². The molecular formula is C20H33ClN4O2. The van der Waals surface area contributed by atoms with Crippen molar-refractivity contribution in [3.63, 3.8) is 0 Å². The van der Waals surface area contributed by atoms with Crippen LogP contribution in [-0.4, -0.2) is 47.2 Å². The van der Waals surface area contributed by atoms with Crippen LogP contribution < -0.4 is 10.9 Å². The lowest BCUT2D eigenvalue weighted by Crippen LogP contribution is -2.35. The van der Waals surface area contributed by atoms with E-state index in [2.05, 4.69) is 15.5 Å². The van der Waals surface area contributed by atoms with Crippen LogP contribution in [0.4, 0.5) is 0 Å². The number of hydrogen-bond acceptors (Lipinski definition) is 4. The lowest BCUT2D eigenvalue weighted by atomic mass is 9.91. The van der Waals surface area contributed by atoms with Crippen molar-refractivity contribution >= 4 is 18.3 Å². The molecule has 0 atom stereocenters. The lowest BCUT2D eigenvalue weighted by molar-refractivity contribution is -0.129. The van der Waals surface area contributed by atoms with Gasteiger partial charge in [-0.15, -0.1) is 12.4 Å². The third kappa shape index (κ3) is 6.04. The molecule has 3 rings (SSSR count). The zero-order valence-electron chi connectivity index (χ0n) is 16.4. The van der Waals surface area contributed by atoms with E-state index in [0.717, 1.165) is 62.0 Å². The van der Waals surface area contributed by atoms with E-state index in [9.17, 15) is 9.59 Å². The lowest BCUT2D eigenvalue weighted by Gasteiger charge is -2.24. The average molecular weight is 397 g/mol. The molecule has 7 heteroatoms. The van der Waals surface area contributed by atoms with Crippen LogP contribution >= 0.6 is 12.4 Å². The maximum atomic E-state index is 12.6. The molecule has 0 saturated heterocycles. The Morgan fingerprint density at radius 2 is 1.85 bits per heavy atom. The third-order valence-electron chi connectivity index (χ3n) is 5.84. The molecule has 2 aliphatic carbocycles. The Hall–Kier alpha value is -1.40. The van der Waals surface area contributed by atoms with Crippen molar-refractivity contribution in [3.05, 3.63) is 27.2 Å². The molecule has 0 radical (unpaired) electrons. The first-order chi connectivity index (χ1) is 12.6. The minimum Gasteiger partial charge on any atom is -0.345 e. The maximum Gasteiger partial charge on any atom is 0.267 e. The number of carbonyl (C=O) groups is 1. The fourth-order valence-corrected chi connectivity index (χ4v) is 4.21. The third-order valence-corrected chi connectivity index (χ3v) is 5.84. The number of fused-ring (bicyclic) bond motifs is 1. The molecule has 0 aromatic carbocycles. The van der Waals surface area contributed by atoms with Gasteiger partial charge in [-0.1, -0.05) is 19.3 Å². The van der Waals surface area contributed by atoms with Gasteiger partial charge in [0.2, 0.25) is 5.91 Å². The summed E-state index contributed by atoms with van der Waals surface area (Å²) in [5.41, 5.74) is 2.53. The SMILES string of the molecule is CN(CCCNC1CCCCC1)C(=O)Cc1n[nH]c(=O)c2c1CCCC2.Cl. The van der Waals surface area contributed by atoms with Crippen LogP contribution in [0.3, 0.4) is 0 Å². The van der Waals surface area contributed by atoms with Gasteiger partial charge >= 0.3 is 0 Å². The Morgan fingerprint density at radius 1 is 1.15 bits per heavy atom. The molecule has 1 fully saturated rings. The highest BCUT2D eigenvalue weighted by Crippen LogP contribution is 2.20. The number of amides is 1. The number of rotatable bonds is 7. The maximum absolute atomic E-state index is 12.6. The van der Waals surface area contributed by atoms with Crippen LogP contribution in [-0.2, 0) is 24.1 Å². The van der Waals surface area contributed by atoms with Crippen LogP contribution in [0.5, 0.6) is 0 Å². The first-order valence-electron chi connectivity index (χ1n) is 10.2. The Morgan fingerprint density at radius 3 is 2.59 bits per heavy atom. The quantitative estimate of drug-likeness (QED) is 0.693. The van der Waals surface area contributed by atoms with Gasteiger partial charge in [0.05, 0.1) is 12.1 Å². The minimum absolute atomic E-state index is 0. The number of halogens is 1. The summed E-state index contributed by atoms with van der Waals surface area (Å²) in [6.07, 6.45) is 11.7. The molecule has 152 valence electrons. The van der Waals surface area contributed by atoms with Crippen molar-refractivity contribution in [2.24, 2.45) is 0 Å². The fraction of sp³-hybridized carbons (Fsp3) is 0.750. The first kappa shape index (κ1) is 21.9. The van der Waals surface area contributed by atoms with E-state index in [-0.39, 0.29) is 30.3 Å². The van der Waals surface area contributed by atoms with Crippen LogP contribution in [0.15, 0.2) is 4.79 Å². The molecule has 6 nitrogen and oxygen atoms in total. The Labute approximate surface area is 167 Å². The summed E-state index contributed by atoms with van der Waals surface area (Å²) in [4.78, 5) is 26.3. The smallest absolute Gasteiger partial charge is 0.267 e. The van der Waals surface area contributed by atoms with Crippen LogP contribution in [0.1, 0.15) is 68.2 Å². The number of likely N-dealkylation sites (N-methyl/N-ethyl adjacent to an activating group) is 1. The van der Waals surface area contributed by atoms with Crippen LogP contribution in [0.25, 0.3) is 0 Å². The Bertz CT molecular complexity index is 670. The molecule has 2 N–H and O–H groups in total. The molecule has 1 heterocycles. The second kappa shape index (κ2) is 10.8. The summed E-state index contributed by atoms with van der Waals surface area (Å²) in [7, 11) is 1.86. The monoisotopic (exact) mass is 396 g/mol. The van der Waals surface area contributed by atoms with E-state index in [1.54, 1.807) is 4.90 Å². The van der Waals surface area contributed by atoms with Gasteiger partial charge in [-0.3, -0.25) is 9.59 Å². The first-order valence-corrected chi connectivity index (χ1v) is 10.2. The molecule has 27 heavy (non-hydrogen) atoms. The van der Waals surface area contributed by atoms with E-state index < -0.39 is 0 Å². The number of aromatic amines is 1. The summed E-state index contributed by atoms with van der Waals surface area (Å²) in [6, 6.07) is 0.668. The number of carbonyl (C=O) groups excluding carboxylic acids is 1. The topological polar surface area (TPSA) is 78.1 Å². The van der Waals surface area contributed by atoms with Crippen molar-refractivity contribution in [3.8, 4) is 0 Å². The van der Waals surface area contributed by atoms with Crippen LogP contribution in [0, 0.1) is 0 Å². The predicted octanol–water partition coefficient (Wildman–Crippen LogP) is 2.38. The Balaban J connectivity index is 0.00000261. The summed E-state index contributed by atoms with van der Waals surface area (Å²) < 4.78 is 0. The summed E-state index contributed by atoms with van der Waals surface area (Å²) >= 11 is 0. The van der Waals surface area contributed by atoms with Gasteiger partial charge in [0.1, 0.15) is 0 Å². The van der Waals surface area contributed by atoms with Gasteiger partial charge in [-0.2, -0.15) is 5.10 Å². The number of aromatic nitrogens is 2. The van der Waals surface area contributed by atoms with Gasteiger partial charge in [0, 0.05) is 25.2 Å². The van der Waals surface area contributed by atoms with Gasteiger partial charge in [0.25, 0.3) is 5.56 Å². The van der Waals surface area contributed by atoms with E-state index in [0.29, 0.717) is 6.04 Å².